The Morgan fingerprint density at radius 1 is 1.28 bits per heavy atom. The van der Waals surface area contributed by atoms with Crippen LogP contribution in [0.1, 0.15) is 39.2 Å². The number of amides is 1. The lowest BCUT2D eigenvalue weighted by atomic mass is 9.83. The fraction of sp³-hybridized carbons (Fsp3) is 0.533. The summed E-state index contributed by atoms with van der Waals surface area (Å²) in [5.41, 5.74) is 0.484. The highest BCUT2D eigenvalue weighted by Gasteiger charge is 2.29. The van der Waals surface area contributed by atoms with Gasteiger partial charge in [-0.3, -0.25) is 4.79 Å². The number of carbonyl (C=O) groups is 1. The molecule has 0 bridgehead atoms. The monoisotopic (exact) mass is 249 g/mol. The number of hydrogen-bond acceptors (Lipinski definition) is 2. The highest BCUT2D eigenvalue weighted by Crippen LogP contribution is 2.25. The third-order valence-corrected chi connectivity index (χ3v) is 3.20. The Hall–Kier alpha value is -1.51. The number of benzene rings is 1. The van der Waals surface area contributed by atoms with E-state index >= 15 is 0 Å². The van der Waals surface area contributed by atoms with Crippen LogP contribution in [0, 0.1) is 0 Å². The Kier molecular flexibility index (Phi) is 5.20. The van der Waals surface area contributed by atoms with E-state index < -0.39 is 5.41 Å². The van der Waals surface area contributed by atoms with Crippen LogP contribution >= 0.6 is 0 Å². The zero-order valence-electron chi connectivity index (χ0n) is 11.7. The number of methoxy groups -OCH3 is 1. The lowest BCUT2D eigenvalue weighted by Crippen LogP contribution is -2.40. The summed E-state index contributed by atoms with van der Waals surface area (Å²) in [7, 11) is 1.64. The normalized spacial score (nSPS) is 11.1. The predicted molar refractivity (Wildman–Crippen MR) is 73.9 cm³/mol. The molecule has 0 saturated heterocycles. The van der Waals surface area contributed by atoms with Crippen molar-refractivity contribution < 1.29 is 9.53 Å². The van der Waals surface area contributed by atoms with Gasteiger partial charge in [0.05, 0.1) is 12.5 Å². The molecule has 3 nitrogen and oxygen atoms in total. The quantitative estimate of drug-likeness (QED) is 0.787. The largest absolute Gasteiger partial charge is 0.497 e. The number of unbranched alkanes of at least 4 members (excludes halogenated alkanes) is 1. The van der Waals surface area contributed by atoms with Crippen molar-refractivity contribution in [3.63, 3.8) is 0 Å². The highest BCUT2D eigenvalue weighted by molar-refractivity contribution is 5.87. The fourth-order valence-electron chi connectivity index (χ4n) is 1.74. The van der Waals surface area contributed by atoms with Gasteiger partial charge in [0.2, 0.25) is 5.91 Å². The number of nitrogens with one attached hydrogen (secondary N) is 1. The minimum absolute atomic E-state index is 0.0705. The maximum absolute atomic E-state index is 12.2. The molecule has 0 atom stereocenters. The summed E-state index contributed by atoms with van der Waals surface area (Å²) in [6.45, 7) is 6.74. The van der Waals surface area contributed by atoms with Gasteiger partial charge >= 0.3 is 0 Å². The van der Waals surface area contributed by atoms with Crippen molar-refractivity contribution in [2.45, 2.75) is 39.0 Å². The van der Waals surface area contributed by atoms with Gasteiger partial charge < -0.3 is 10.1 Å². The zero-order valence-corrected chi connectivity index (χ0v) is 11.7. The average molecular weight is 249 g/mol. The maximum atomic E-state index is 12.2. The van der Waals surface area contributed by atoms with Crippen molar-refractivity contribution in [2.24, 2.45) is 0 Å². The zero-order chi connectivity index (χ0) is 13.6. The summed E-state index contributed by atoms with van der Waals surface area (Å²) in [4.78, 5) is 12.2. The van der Waals surface area contributed by atoms with Crippen LogP contribution in [0.25, 0.3) is 0 Å². The molecule has 0 spiro atoms. The molecule has 0 saturated carbocycles. The lowest BCUT2D eigenvalue weighted by molar-refractivity contribution is -0.125. The minimum atomic E-state index is -0.514. The molecule has 1 N–H and O–H groups in total. The van der Waals surface area contributed by atoms with E-state index in [0.717, 1.165) is 30.7 Å². The summed E-state index contributed by atoms with van der Waals surface area (Å²) in [6.07, 6.45) is 2.10. The van der Waals surface area contributed by atoms with E-state index in [1.54, 1.807) is 7.11 Å². The first-order chi connectivity index (χ1) is 8.52. The van der Waals surface area contributed by atoms with Gasteiger partial charge in [-0.15, -0.1) is 0 Å². The molecule has 0 aliphatic heterocycles. The molecule has 0 fully saturated rings. The first-order valence-electron chi connectivity index (χ1n) is 6.45. The smallest absolute Gasteiger partial charge is 0.230 e. The Morgan fingerprint density at radius 2 is 1.89 bits per heavy atom. The van der Waals surface area contributed by atoms with E-state index in [4.69, 9.17) is 4.74 Å². The Morgan fingerprint density at radius 3 is 2.39 bits per heavy atom. The van der Waals surface area contributed by atoms with Crippen LogP contribution in [0.15, 0.2) is 24.3 Å². The van der Waals surface area contributed by atoms with Gasteiger partial charge in [-0.05, 0) is 38.0 Å². The third-order valence-electron chi connectivity index (χ3n) is 3.20. The molecule has 1 rings (SSSR count). The summed E-state index contributed by atoms with van der Waals surface area (Å²) in [5.74, 6) is 0.877. The molecule has 0 radical (unpaired) electrons. The van der Waals surface area contributed by atoms with Crippen molar-refractivity contribution in [1.29, 1.82) is 0 Å². The van der Waals surface area contributed by atoms with Gasteiger partial charge in [0.25, 0.3) is 0 Å². The van der Waals surface area contributed by atoms with Crippen LogP contribution in [0.3, 0.4) is 0 Å². The molecule has 100 valence electrons. The molecule has 3 heteroatoms. The van der Waals surface area contributed by atoms with Crippen molar-refractivity contribution in [3.05, 3.63) is 29.8 Å². The van der Waals surface area contributed by atoms with Crippen LogP contribution in [-0.2, 0) is 10.2 Å². The topological polar surface area (TPSA) is 38.3 Å². The first kappa shape index (κ1) is 14.6. The SMILES string of the molecule is CCCCNC(=O)C(C)(C)c1ccc(OC)cc1. The molecule has 0 aliphatic rings. The van der Waals surface area contributed by atoms with Gasteiger partial charge in [0.15, 0.2) is 0 Å². The van der Waals surface area contributed by atoms with Crippen LogP contribution in [-0.4, -0.2) is 19.6 Å². The molecule has 1 aromatic carbocycles. The van der Waals surface area contributed by atoms with Gasteiger partial charge in [0.1, 0.15) is 5.75 Å². The third kappa shape index (κ3) is 3.49. The summed E-state index contributed by atoms with van der Waals surface area (Å²) in [5, 5.41) is 2.98. The molecule has 0 aliphatic carbocycles. The number of rotatable bonds is 6. The van der Waals surface area contributed by atoms with E-state index in [2.05, 4.69) is 12.2 Å². The second-order valence-corrected chi connectivity index (χ2v) is 4.96. The minimum Gasteiger partial charge on any atom is -0.497 e. The average Bonchev–Trinajstić information content (AvgIpc) is 2.39. The van der Waals surface area contributed by atoms with Crippen molar-refractivity contribution in [1.82, 2.24) is 5.32 Å². The Balaban J connectivity index is 2.74. The van der Waals surface area contributed by atoms with E-state index in [1.165, 1.54) is 0 Å². The fourth-order valence-corrected chi connectivity index (χ4v) is 1.74. The molecule has 18 heavy (non-hydrogen) atoms. The molecular weight excluding hydrogens is 226 g/mol. The molecular formula is C15H23NO2. The Bertz CT molecular complexity index is 382. The number of hydrogen-bond donors (Lipinski definition) is 1. The highest BCUT2D eigenvalue weighted by atomic mass is 16.5. The van der Waals surface area contributed by atoms with Crippen LogP contribution in [0.4, 0.5) is 0 Å². The summed E-state index contributed by atoms with van der Waals surface area (Å²) < 4.78 is 5.12. The van der Waals surface area contributed by atoms with Crippen LogP contribution in [0.2, 0.25) is 0 Å². The lowest BCUT2D eigenvalue weighted by Gasteiger charge is -2.24. The molecule has 1 aromatic rings. The van der Waals surface area contributed by atoms with E-state index in [-0.39, 0.29) is 5.91 Å². The van der Waals surface area contributed by atoms with Crippen LogP contribution < -0.4 is 10.1 Å². The first-order valence-corrected chi connectivity index (χ1v) is 6.45. The van der Waals surface area contributed by atoms with E-state index in [0.29, 0.717) is 0 Å². The van der Waals surface area contributed by atoms with Crippen molar-refractivity contribution in [2.75, 3.05) is 13.7 Å². The summed E-state index contributed by atoms with van der Waals surface area (Å²) in [6, 6.07) is 7.66. The second kappa shape index (κ2) is 6.43. The molecule has 1 amide bonds. The van der Waals surface area contributed by atoms with Gasteiger partial charge in [-0.1, -0.05) is 25.5 Å². The predicted octanol–water partition coefficient (Wildman–Crippen LogP) is 2.89. The van der Waals surface area contributed by atoms with Crippen molar-refractivity contribution in [3.8, 4) is 5.75 Å². The van der Waals surface area contributed by atoms with Gasteiger partial charge in [-0.2, -0.15) is 0 Å². The Labute approximate surface area is 110 Å². The van der Waals surface area contributed by atoms with Crippen LogP contribution in [0.5, 0.6) is 5.75 Å². The summed E-state index contributed by atoms with van der Waals surface area (Å²) >= 11 is 0. The molecule has 0 aromatic heterocycles. The maximum Gasteiger partial charge on any atom is 0.230 e. The molecule has 0 unspecified atom stereocenters. The number of ether oxygens (including phenoxy) is 1. The van der Waals surface area contributed by atoms with Gasteiger partial charge in [-0.25, -0.2) is 0 Å². The van der Waals surface area contributed by atoms with Gasteiger partial charge in [0, 0.05) is 6.54 Å². The second-order valence-electron chi connectivity index (χ2n) is 4.96. The van der Waals surface area contributed by atoms with E-state index in [9.17, 15) is 4.79 Å². The molecule has 0 heterocycles. The van der Waals surface area contributed by atoms with E-state index in [1.807, 2.05) is 38.1 Å². The standard InChI is InChI=1S/C15H23NO2/c1-5-6-11-16-14(17)15(2,3)12-7-9-13(18-4)10-8-12/h7-10H,5-6,11H2,1-4H3,(H,16,17). The van der Waals surface area contributed by atoms with Crippen molar-refractivity contribution >= 4 is 5.91 Å². The number of carbonyl (C=O) groups excluding carboxylic acids is 1.